The minimum absolute atomic E-state index is 0.0123. The molecule has 1 aromatic heterocycles. The summed E-state index contributed by atoms with van der Waals surface area (Å²) in [5.74, 6) is -2.44. The molecule has 206 valence electrons. The van der Waals surface area contributed by atoms with Crippen molar-refractivity contribution in [3.8, 4) is 0 Å². The lowest BCUT2D eigenvalue weighted by Gasteiger charge is -2.25. The molecular formula is C26H34N4O7S. The summed E-state index contributed by atoms with van der Waals surface area (Å²) in [4.78, 5) is 56.3. The van der Waals surface area contributed by atoms with Crippen LogP contribution in [0.3, 0.4) is 0 Å². The molecule has 1 aliphatic heterocycles. The van der Waals surface area contributed by atoms with Gasteiger partial charge in [0.05, 0.1) is 43.0 Å². The molecule has 3 amide bonds. The van der Waals surface area contributed by atoms with Gasteiger partial charge >= 0.3 is 0 Å². The number of ether oxygens (including phenoxy) is 3. The first-order chi connectivity index (χ1) is 18.2. The molecule has 38 heavy (non-hydrogen) atoms. The highest BCUT2D eigenvalue weighted by Crippen LogP contribution is 2.29. The second-order valence-corrected chi connectivity index (χ2v) is 10.5. The Balaban J connectivity index is 1.66. The van der Waals surface area contributed by atoms with Gasteiger partial charge in [0.15, 0.2) is 5.78 Å². The fourth-order valence-electron chi connectivity index (χ4n) is 3.79. The van der Waals surface area contributed by atoms with E-state index in [1.807, 2.05) is 30.3 Å². The average Bonchev–Trinajstić information content (AvgIpc) is 3.51. The number of nitrogens with one attached hydrogen (secondary N) is 3. The Bertz CT molecular complexity index is 1120. The lowest BCUT2D eigenvalue weighted by molar-refractivity contribution is -0.135. The van der Waals surface area contributed by atoms with Crippen molar-refractivity contribution in [2.45, 2.75) is 38.0 Å². The van der Waals surface area contributed by atoms with Crippen LogP contribution in [-0.2, 0) is 35.0 Å². The van der Waals surface area contributed by atoms with E-state index in [0.717, 1.165) is 10.6 Å². The summed E-state index contributed by atoms with van der Waals surface area (Å²) in [5, 5.41) is 8.91. The first-order valence-corrected chi connectivity index (χ1v) is 13.0. The summed E-state index contributed by atoms with van der Waals surface area (Å²) in [5.41, 5.74) is -0.0692. The van der Waals surface area contributed by atoms with E-state index in [0.29, 0.717) is 4.88 Å². The number of Topliss-reactive ketones (excluding diaryl/α,β-unsaturated/α-hetero) is 1. The Morgan fingerprint density at radius 2 is 1.71 bits per heavy atom. The van der Waals surface area contributed by atoms with Crippen LogP contribution < -0.4 is 16.0 Å². The van der Waals surface area contributed by atoms with Crippen molar-refractivity contribution in [2.75, 3.05) is 40.6 Å². The van der Waals surface area contributed by atoms with E-state index in [9.17, 15) is 19.2 Å². The van der Waals surface area contributed by atoms with Gasteiger partial charge < -0.3 is 30.2 Å². The second-order valence-electron chi connectivity index (χ2n) is 9.26. The third kappa shape index (κ3) is 8.15. The first kappa shape index (κ1) is 29.4. The molecule has 0 spiro atoms. The zero-order valence-corrected chi connectivity index (χ0v) is 22.8. The molecule has 3 rings (SSSR count). The Hall–Kier alpha value is -3.19. The van der Waals surface area contributed by atoms with E-state index >= 15 is 0 Å². The maximum absolute atomic E-state index is 13.2. The summed E-state index contributed by atoms with van der Waals surface area (Å²) in [6.45, 7) is 3.65. The van der Waals surface area contributed by atoms with E-state index in [1.165, 1.54) is 31.8 Å². The number of benzene rings is 1. The second kappa shape index (κ2) is 13.6. The lowest BCUT2D eigenvalue weighted by Crippen LogP contribution is -2.57. The normalized spacial score (nSPS) is 18.6. The van der Waals surface area contributed by atoms with Crippen LogP contribution in [0.2, 0.25) is 0 Å². The van der Waals surface area contributed by atoms with Crippen molar-refractivity contribution in [1.29, 1.82) is 0 Å². The Kier molecular flexibility index (Phi) is 10.5. The van der Waals surface area contributed by atoms with Crippen LogP contribution in [0.5, 0.6) is 0 Å². The molecule has 3 N–H and O–H groups in total. The number of aryl methyl sites for hydroxylation is 1. The van der Waals surface area contributed by atoms with E-state index in [1.54, 1.807) is 13.8 Å². The van der Waals surface area contributed by atoms with Crippen molar-refractivity contribution >= 4 is 34.8 Å². The Morgan fingerprint density at radius 3 is 2.29 bits per heavy atom. The maximum atomic E-state index is 13.2. The largest absolute Gasteiger partial charge is 0.384 e. The first-order valence-electron chi connectivity index (χ1n) is 12.2. The van der Waals surface area contributed by atoms with Crippen molar-refractivity contribution in [2.24, 2.45) is 5.92 Å². The van der Waals surface area contributed by atoms with Crippen LogP contribution in [0.1, 0.15) is 27.2 Å². The minimum Gasteiger partial charge on any atom is -0.384 e. The molecule has 1 aromatic carbocycles. The molecule has 0 aliphatic carbocycles. The quantitative estimate of drug-likeness (QED) is 0.276. The van der Waals surface area contributed by atoms with E-state index in [-0.39, 0.29) is 44.5 Å². The van der Waals surface area contributed by atoms with Gasteiger partial charge in [0, 0.05) is 20.8 Å². The predicted molar refractivity (Wildman–Crippen MR) is 140 cm³/mol. The fraction of sp³-hybridized carbons (Fsp3) is 0.500. The molecule has 2 heterocycles. The van der Waals surface area contributed by atoms with Gasteiger partial charge in [-0.3, -0.25) is 19.2 Å². The Morgan fingerprint density at radius 1 is 1.05 bits per heavy atom. The Labute approximate surface area is 225 Å². The van der Waals surface area contributed by atoms with Crippen LogP contribution in [0.4, 0.5) is 0 Å². The number of thiazole rings is 1. The molecule has 0 saturated carbocycles. The molecule has 11 nitrogen and oxygen atoms in total. The lowest BCUT2D eigenvalue weighted by atomic mass is 9.94. The predicted octanol–water partition coefficient (Wildman–Crippen LogP) is 0.661. The van der Waals surface area contributed by atoms with Gasteiger partial charge in [0.2, 0.25) is 11.8 Å². The van der Waals surface area contributed by atoms with Gasteiger partial charge in [-0.15, -0.1) is 11.3 Å². The summed E-state index contributed by atoms with van der Waals surface area (Å²) < 4.78 is 15.7. The highest BCUT2D eigenvalue weighted by molar-refractivity contribution is 7.13. The summed E-state index contributed by atoms with van der Waals surface area (Å²) >= 11 is 1.24. The topological polar surface area (TPSA) is 148 Å². The van der Waals surface area contributed by atoms with Gasteiger partial charge in [-0.05, 0) is 25.8 Å². The van der Waals surface area contributed by atoms with Crippen molar-refractivity contribution in [3.63, 3.8) is 0 Å². The summed E-state index contributed by atoms with van der Waals surface area (Å²) in [6, 6.07) is 7.38. The smallest absolute Gasteiger partial charge is 0.263 e. The van der Waals surface area contributed by atoms with E-state index in [2.05, 4.69) is 20.9 Å². The monoisotopic (exact) mass is 546 g/mol. The van der Waals surface area contributed by atoms with Crippen molar-refractivity contribution in [1.82, 2.24) is 20.9 Å². The van der Waals surface area contributed by atoms with Crippen LogP contribution in [0.15, 0.2) is 36.5 Å². The number of nitrogens with zero attached hydrogens (tertiary/aromatic N) is 1. The SMILES string of the molecule is COCC(NC(=O)[C@@H](CNC(=O)c1cnc(C)s1)COC)C(=O)N[C@@H](Cc1ccccc1)C(=O)[C@@]1(C)CO1. The highest BCUT2D eigenvalue weighted by atomic mass is 32.1. The highest BCUT2D eigenvalue weighted by Gasteiger charge is 2.50. The molecule has 1 fully saturated rings. The van der Waals surface area contributed by atoms with Gasteiger partial charge in [-0.2, -0.15) is 0 Å². The molecule has 2 aromatic rings. The molecule has 1 saturated heterocycles. The number of methoxy groups -OCH3 is 2. The third-order valence-corrected chi connectivity index (χ3v) is 6.98. The van der Waals surface area contributed by atoms with Crippen LogP contribution in [0, 0.1) is 12.8 Å². The molecule has 1 unspecified atom stereocenters. The van der Waals surface area contributed by atoms with Crippen LogP contribution in [0.25, 0.3) is 0 Å². The fourth-order valence-corrected chi connectivity index (χ4v) is 4.48. The standard InChI is InChI=1S/C26H34N4O7S/c1-16-27-12-21(38-16)25(34)28-11-18(13-35-3)23(32)30-20(14-36-4)24(33)29-19(22(31)26(2)15-37-26)10-17-8-6-5-7-9-17/h5-9,12,18-20H,10-11,13-15H2,1-4H3,(H,28,34)(H,29,33)(H,30,32)/t18-,19-,20?,26+/m0/s1. The molecular weight excluding hydrogens is 512 g/mol. The molecule has 0 radical (unpaired) electrons. The number of rotatable bonds is 15. The number of carbonyl (C=O) groups excluding carboxylic acids is 4. The van der Waals surface area contributed by atoms with Gasteiger partial charge in [0.25, 0.3) is 5.91 Å². The number of hydrogen-bond donors (Lipinski definition) is 3. The number of epoxide rings is 1. The molecule has 12 heteroatoms. The molecule has 0 bridgehead atoms. The number of hydrogen-bond acceptors (Lipinski definition) is 9. The minimum atomic E-state index is -1.08. The third-order valence-electron chi connectivity index (χ3n) is 6.07. The summed E-state index contributed by atoms with van der Waals surface area (Å²) in [7, 11) is 2.84. The van der Waals surface area contributed by atoms with Crippen LogP contribution in [-0.4, -0.2) is 86.8 Å². The zero-order valence-electron chi connectivity index (χ0n) is 21.9. The van der Waals surface area contributed by atoms with E-state index < -0.39 is 35.4 Å². The summed E-state index contributed by atoms with van der Waals surface area (Å²) in [6.07, 6.45) is 1.74. The van der Waals surface area contributed by atoms with Crippen molar-refractivity contribution < 1.29 is 33.4 Å². The number of carbonyl (C=O) groups is 4. The number of ketones is 1. The molecule has 1 aliphatic rings. The molecule has 4 atom stereocenters. The van der Waals surface area contributed by atoms with Crippen LogP contribution >= 0.6 is 11.3 Å². The van der Waals surface area contributed by atoms with Crippen molar-refractivity contribution in [3.05, 3.63) is 52.0 Å². The number of amides is 3. The van der Waals surface area contributed by atoms with Gasteiger partial charge in [-0.25, -0.2) is 4.98 Å². The zero-order chi connectivity index (χ0) is 27.7. The van der Waals surface area contributed by atoms with E-state index in [4.69, 9.17) is 14.2 Å². The maximum Gasteiger partial charge on any atom is 0.263 e. The van der Waals surface area contributed by atoms with Gasteiger partial charge in [0.1, 0.15) is 16.5 Å². The number of aromatic nitrogens is 1. The van der Waals surface area contributed by atoms with Gasteiger partial charge in [-0.1, -0.05) is 30.3 Å². The average molecular weight is 547 g/mol.